The molecule has 8 heteroatoms. The second-order valence-electron chi connectivity index (χ2n) is 5.86. The smallest absolute Gasteiger partial charge is 0.277 e. The minimum atomic E-state index is -3.16. The Labute approximate surface area is 149 Å². The predicted octanol–water partition coefficient (Wildman–Crippen LogP) is 2.44. The highest BCUT2D eigenvalue weighted by atomic mass is 19.3. The van der Waals surface area contributed by atoms with Crippen molar-refractivity contribution in [3.63, 3.8) is 0 Å². The fourth-order valence-corrected chi connectivity index (χ4v) is 2.60. The van der Waals surface area contributed by atoms with E-state index in [0.29, 0.717) is 23.3 Å². The van der Waals surface area contributed by atoms with Gasteiger partial charge in [0.25, 0.3) is 11.8 Å². The van der Waals surface area contributed by atoms with Crippen LogP contribution in [0, 0.1) is 0 Å². The molecular weight excluding hydrogens is 340 g/mol. The van der Waals surface area contributed by atoms with E-state index in [2.05, 4.69) is 15.4 Å². The van der Waals surface area contributed by atoms with Crippen LogP contribution in [-0.4, -0.2) is 39.7 Å². The number of halogens is 2. The van der Waals surface area contributed by atoms with Crippen molar-refractivity contribution in [2.24, 2.45) is 5.73 Å². The minimum absolute atomic E-state index is 0.251. The second-order valence-corrected chi connectivity index (χ2v) is 5.86. The summed E-state index contributed by atoms with van der Waals surface area (Å²) in [4.78, 5) is 17.1. The van der Waals surface area contributed by atoms with Crippen LogP contribution in [0.2, 0.25) is 0 Å². The molecule has 3 N–H and O–H groups in total. The molecule has 3 rings (SSSR count). The van der Waals surface area contributed by atoms with Crippen LogP contribution in [0.5, 0.6) is 0 Å². The summed E-state index contributed by atoms with van der Waals surface area (Å²) in [6, 6.07) is 10.9. The van der Waals surface area contributed by atoms with E-state index in [1.165, 1.54) is 6.20 Å². The fraction of sp³-hybridized carbons (Fsp3) is 0.278. The summed E-state index contributed by atoms with van der Waals surface area (Å²) >= 11 is 0. The number of nitrogens with two attached hydrogens (primary N) is 1. The highest BCUT2D eigenvalue weighted by molar-refractivity contribution is 6.06. The molecule has 0 aliphatic carbocycles. The molecule has 0 aliphatic rings. The third kappa shape index (κ3) is 3.55. The van der Waals surface area contributed by atoms with Gasteiger partial charge in [-0.2, -0.15) is 5.10 Å². The molecule has 0 spiro atoms. The molecule has 0 aliphatic heterocycles. The van der Waals surface area contributed by atoms with Crippen LogP contribution in [0.3, 0.4) is 0 Å². The maximum absolute atomic E-state index is 13.4. The molecule has 0 saturated heterocycles. The topological polar surface area (TPSA) is 85.8 Å². The number of alkyl halides is 2. The molecular formula is C18H19F2N5O. The van der Waals surface area contributed by atoms with Gasteiger partial charge in [0.2, 0.25) is 0 Å². The Morgan fingerprint density at radius 2 is 2.04 bits per heavy atom. The number of nitrogens with one attached hydrogen (secondary N) is 1. The lowest BCUT2D eigenvalue weighted by Gasteiger charge is -2.15. The molecule has 0 unspecified atom stereocenters. The standard InChI is InChI=1S/C18H19F2N5O/c1-2-25-16-14(9-23-25)13(17(26)22-11-18(19,20)10-21)8-15(24-16)12-6-4-3-5-7-12/h3-9H,2,10-11,21H2,1H3,(H,22,26). The normalized spacial score (nSPS) is 11.7. The summed E-state index contributed by atoms with van der Waals surface area (Å²) in [6.45, 7) is 0.822. The number of benzene rings is 1. The molecule has 0 fully saturated rings. The second kappa shape index (κ2) is 7.17. The van der Waals surface area contributed by atoms with Gasteiger partial charge in [0.05, 0.1) is 35.9 Å². The van der Waals surface area contributed by atoms with E-state index in [1.807, 2.05) is 37.3 Å². The maximum Gasteiger partial charge on any atom is 0.277 e. The quantitative estimate of drug-likeness (QED) is 0.708. The van der Waals surface area contributed by atoms with Crippen LogP contribution < -0.4 is 11.1 Å². The van der Waals surface area contributed by atoms with Gasteiger partial charge >= 0.3 is 0 Å². The lowest BCUT2D eigenvalue weighted by molar-refractivity contribution is 0.0119. The van der Waals surface area contributed by atoms with Crippen molar-refractivity contribution in [2.45, 2.75) is 19.4 Å². The lowest BCUT2D eigenvalue weighted by Crippen LogP contribution is -2.41. The Morgan fingerprint density at radius 3 is 2.69 bits per heavy atom. The molecule has 3 aromatic rings. The first-order valence-corrected chi connectivity index (χ1v) is 8.23. The predicted molar refractivity (Wildman–Crippen MR) is 95.0 cm³/mol. The van der Waals surface area contributed by atoms with Gasteiger partial charge in [0.1, 0.15) is 0 Å². The zero-order valence-electron chi connectivity index (χ0n) is 14.2. The van der Waals surface area contributed by atoms with Crippen LogP contribution in [-0.2, 0) is 6.54 Å². The Bertz CT molecular complexity index is 924. The van der Waals surface area contributed by atoms with E-state index in [0.717, 1.165) is 5.56 Å². The summed E-state index contributed by atoms with van der Waals surface area (Å²) < 4.78 is 28.4. The van der Waals surface area contributed by atoms with Crippen LogP contribution in [0.1, 0.15) is 17.3 Å². The number of hydrogen-bond donors (Lipinski definition) is 2. The molecule has 136 valence electrons. The summed E-state index contributed by atoms with van der Waals surface area (Å²) in [5, 5.41) is 6.99. The zero-order chi connectivity index (χ0) is 18.7. The van der Waals surface area contributed by atoms with E-state index in [-0.39, 0.29) is 5.56 Å². The number of pyridine rings is 1. The monoisotopic (exact) mass is 359 g/mol. The van der Waals surface area contributed by atoms with Gasteiger partial charge < -0.3 is 11.1 Å². The Kier molecular flexibility index (Phi) is 4.94. The maximum atomic E-state index is 13.4. The minimum Gasteiger partial charge on any atom is -0.346 e. The average Bonchev–Trinajstić information content (AvgIpc) is 3.09. The van der Waals surface area contributed by atoms with E-state index in [1.54, 1.807) is 10.7 Å². The number of aromatic nitrogens is 3. The largest absolute Gasteiger partial charge is 0.346 e. The number of carbonyl (C=O) groups excluding carboxylic acids is 1. The fourth-order valence-electron chi connectivity index (χ4n) is 2.60. The van der Waals surface area contributed by atoms with Gasteiger partial charge in [0.15, 0.2) is 5.65 Å². The van der Waals surface area contributed by atoms with Gasteiger partial charge in [0, 0.05) is 12.1 Å². The van der Waals surface area contributed by atoms with Gasteiger partial charge in [-0.25, -0.2) is 18.4 Å². The highest BCUT2D eigenvalue weighted by Crippen LogP contribution is 2.25. The first kappa shape index (κ1) is 17.9. The molecule has 1 aromatic carbocycles. The van der Waals surface area contributed by atoms with Gasteiger partial charge in [-0.3, -0.25) is 4.79 Å². The molecule has 0 saturated carbocycles. The molecule has 6 nitrogen and oxygen atoms in total. The van der Waals surface area contributed by atoms with Crippen molar-refractivity contribution in [3.05, 3.63) is 48.2 Å². The van der Waals surface area contributed by atoms with E-state index in [9.17, 15) is 13.6 Å². The number of aryl methyl sites for hydroxylation is 1. The number of hydrogen-bond acceptors (Lipinski definition) is 4. The molecule has 0 atom stereocenters. The number of fused-ring (bicyclic) bond motifs is 1. The Morgan fingerprint density at radius 1 is 1.31 bits per heavy atom. The van der Waals surface area contributed by atoms with Crippen molar-refractivity contribution in [3.8, 4) is 11.3 Å². The van der Waals surface area contributed by atoms with Gasteiger partial charge in [-0.15, -0.1) is 0 Å². The van der Waals surface area contributed by atoms with Gasteiger partial charge in [-0.1, -0.05) is 30.3 Å². The summed E-state index contributed by atoms with van der Waals surface area (Å²) in [7, 11) is 0. The number of nitrogens with zero attached hydrogens (tertiary/aromatic N) is 3. The summed E-state index contributed by atoms with van der Waals surface area (Å²) in [5.74, 6) is -3.77. The number of rotatable bonds is 6. The van der Waals surface area contributed by atoms with Crippen molar-refractivity contribution in [2.75, 3.05) is 13.1 Å². The SMILES string of the molecule is CCn1ncc2c(C(=O)NCC(F)(F)CN)cc(-c3ccccc3)nc21. The molecule has 0 radical (unpaired) electrons. The van der Waals surface area contributed by atoms with Crippen molar-refractivity contribution in [1.29, 1.82) is 0 Å². The van der Waals surface area contributed by atoms with Crippen LogP contribution in [0.15, 0.2) is 42.6 Å². The van der Waals surface area contributed by atoms with Crippen LogP contribution in [0.25, 0.3) is 22.3 Å². The van der Waals surface area contributed by atoms with Gasteiger partial charge in [-0.05, 0) is 13.0 Å². The first-order valence-electron chi connectivity index (χ1n) is 8.23. The number of amides is 1. The first-order chi connectivity index (χ1) is 12.4. The molecule has 2 aromatic heterocycles. The molecule has 1 amide bonds. The lowest BCUT2D eigenvalue weighted by atomic mass is 10.1. The van der Waals surface area contributed by atoms with E-state index < -0.39 is 24.9 Å². The zero-order valence-corrected chi connectivity index (χ0v) is 14.2. The van der Waals surface area contributed by atoms with Crippen molar-refractivity contribution in [1.82, 2.24) is 20.1 Å². The Balaban J connectivity index is 2.06. The van der Waals surface area contributed by atoms with Crippen LogP contribution in [0.4, 0.5) is 8.78 Å². The third-order valence-corrected chi connectivity index (χ3v) is 4.03. The molecule has 0 bridgehead atoms. The van der Waals surface area contributed by atoms with Crippen molar-refractivity contribution >= 4 is 16.9 Å². The molecule has 2 heterocycles. The molecule has 26 heavy (non-hydrogen) atoms. The summed E-state index contributed by atoms with van der Waals surface area (Å²) in [6.07, 6.45) is 1.52. The summed E-state index contributed by atoms with van der Waals surface area (Å²) in [5.41, 5.74) is 7.19. The Hall–Kier alpha value is -2.87. The number of carbonyl (C=O) groups is 1. The third-order valence-electron chi connectivity index (χ3n) is 4.03. The van der Waals surface area contributed by atoms with E-state index in [4.69, 9.17) is 5.73 Å². The van der Waals surface area contributed by atoms with Crippen molar-refractivity contribution < 1.29 is 13.6 Å². The average molecular weight is 359 g/mol. The van der Waals surface area contributed by atoms with E-state index >= 15 is 0 Å². The van der Waals surface area contributed by atoms with Crippen LogP contribution >= 0.6 is 0 Å². The highest BCUT2D eigenvalue weighted by Gasteiger charge is 2.28.